The van der Waals surface area contributed by atoms with E-state index in [2.05, 4.69) is 10.3 Å². The second-order valence-corrected chi connectivity index (χ2v) is 14.0. The smallest absolute Gasteiger partial charge is 0.407 e. The van der Waals surface area contributed by atoms with E-state index >= 15 is 0 Å². The second kappa shape index (κ2) is 13.9. The largest absolute Gasteiger partial charge is 0.481 e. The minimum absolute atomic E-state index is 0.122. The number of amidine groups is 1. The van der Waals surface area contributed by atoms with Crippen LogP contribution < -0.4 is 21.5 Å². The van der Waals surface area contributed by atoms with Gasteiger partial charge in [0.15, 0.2) is 6.10 Å². The van der Waals surface area contributed by atoms with Crippen LogP contribution >= 0.6 is 23.2 Å². The first kappa shape index (κ1) is 35.1. The lowest BCUT2D eigenvalue weighted by Crippen LogP contribution is -2.50. The molecule has 0 aromatic heterocycles. The van der Waals surface area contributed by atoms with Crippen molar-refractivity contribution in [2.75, 3.05) is 0 Å². The minimum atomic E-state index is -1.56. The zero-order chi connectivity index (χ0) is 33.9. The number of ether oxygens (including phenoxy) is 3. The van der Waals surface area contributed by atoms with E-state index in [1.165, 1.54) is 0 Å². The Bertz CT molecular complexity index is 1640. The summed E-state index contributed by atoms with van der Waals surface area (Å²) in [4.78, 5) is 30.8. The topological polar surface area (TPSA) is 138 Å². The monoisotopic (exact) mass is 668 g/mol. The Morgan fingerprint density at radius 1 is 0.935 bits per heavy atom. The molecule has 2 atom stereocenters. The quantitative estimate of drug-likeness (QED) is 0.195. The van der Waals surface area contributed by atoms with Crippen molar-refractivity contribution in [1.82, 2.24) is 5.32 Å². The average Bonchev–Trinajstić information content (AvgIpc) is 2.96. The SMILES string of the molecule is CC1Oc2ccc(C(N)(Cc3cccc(CNC(=O)OC(C)(C)CCc4ccc(Cl)c(Cl)c4)c3)C(=O)OC(C)(C)C)cc2N=C1N. The lowest BCUT2D eigenvalue weighted by atomic mass is 9.83. The van der Waals surface area contributed by atoms with E-state index in [0.717, 1.165) is 16.7 Å². The standard InChI is InChI=1S/C35H42Cl2N4O5/c1-21-30(38)41-28-18-25(11-13-29(28)44-21)35(39,31(42)45-33(2,3)4)19-23-8-7-9-24(16-23)20-40-32(43)46-34(5,6)15-14-22-10-12-26(36)27(37)17-22/h7-13,16-18,21H,14-15,19-20,39H2,1-6H3,(H2,38,41)(H,40,43). The van der Waals surface area contributed by atoms with Gasteiger partial charge in [0.2, 0.25) is 0 Å². The van der Waals surface area contributed by atoms with Gasteiger partial charge in [-0.15, -0.1) is 0 Å². The Labute approximate surface area is 280 Å². The number of alkyl carbamates (subject to hydrolysis) is 1. The van der Waals surface area contributed by atoms with E-state index in [0.29, 0.717) is 45.7 Å². The van der Waals surface area contributed by atoms with Crippen molar-refractivity contribution < 1.29 is 23.8 Å². The molecule has 1 aliphatic rings. The summed E-state index contributed by atoms with van der Waals surface area (Å²) in [7, 11) is 0. The summed E-state index contributed by atoms with van der Waals surface area (Å²) >= 11 is 12.1. The molecule has 1 heterocycles. The number of fused-ring (bicyclic) bond motifs is 1. The zero-order valence-corrected chi connectivity index (χ0v) is 28.6. The van der Waals surface area contributed by atoms with Crippen LogP contribution in [0.2, 0.25) is 10.0 Å². The predicted octanol–water partition coefficient (Wildman–Crippen LogP) is 7.14. The molecule has 246 valence electrons. The molecule has 0 saturated heterocycles. The molecule has 0 saturated carbocycles. The first-order chi connectivity index (χ1) is 21.4. The Balaban J connectivity index is 1.46. The molecular formula is C35H42Cl2N4O5. The van der Waals surface area contributed by atoms with Gasteiger partial charge in [0.05, 0.1) is 10.0 Å². The van der Waals surface area contributed by atoms with E-state index in [9.17, 15) is 9.59 Å². The van der Waals surface area contributed by atoms with Crippen LogP contribution in [0.15, 0.2) is 65.7 Å². The van der Waals surface area contributed by atoms with E-state index in [4.69, 9.17) is 48.9 Å². The van der Waals surface area contributed by atoms with E-state index in [-0.39, 0.29) is 19.1 Å². The molecule has 46 heavy (non-hydrogen) atoms. The third kappa shape index (κ3) is 9.15. The van der Waals surface area contributed by atoms with Gasteiger partial charge in [-0.2, -0.15) is 0 Å². The van der Waals surface area contributed by atoms with Crippen LogP contribution in [0, 0.1) is 0 Å². The number of benzene rings is 3. The molecule has 1 amide bonds. The van der Waals surface area contributed by atoms with Crippen molar-refractivity contribution in [3.63, 3.8) is 0 Å². The number of aryl methyl sites for hydroxylation is 1. The number of nitrogens with two attached hydrogens (primary N) is 2. The van der Waals surface area contributed by atoms with Crippen molar-refractivity contribution in [3.05, 3.63) is 93.0 Å². The maximum Gasteiger partial charge on any atom is 0.407 e. The highest BCUT2D eigenvalue weighted by atomic mass is 35.5. The number of nitrogens with one attached hydrogen (secondary N) is 1. The molecule has 0 fully saturated rings. The molecule has 0 bridgehead atoms. The van der Waals surface area contributed by atoms with Crippen LogP contribution in [0.4, 0.5) is 10.5 Å². The number of halogens is 2. The Kier molecular flexibility index (Phi) is 10.6. The molecule has 3 aromatic rings. The molecule has 9 nitrogen and oxygen atoms in total. The maximum atomic E-state index is 13.7. The molecule has 4 rings (SSSR count). The summed E-state index contributed by atoms with van der Waals surface area (Å²) in [5.41, 5.74) is 13.5. The summed E-state index contributed by atoms with van der Waals surface area (Å²) in [5, 5.41) is 3.81. The van der Waals surface area contributed by atoms with Gasteiger partial charge in [-0.05, 0) is 101 Å². The van der Waals surface area contributed by atoms with Crippen LogP contribution in [-0.4, -0.2) is 35.2 Å². The fraction of sp³-hybridized carbons (Fsp3) is 0.400. The van der Waals surface area contributed by atoms with Crippen LogP contribution in [0.1, 0.15) is 70.2 Å². The molecule has 2 unspecified atom stereocenters. The van der Waals surface area contributed by atoms with Gasteiger partial charge in [-0.3, -0.25) is 0 Å². The van der Waals surface area contributed by atoms with Crippen LogP contribution in [0.25, 0.3) is 0 Å². The number of nitrogens with zero attached hydrogens (tertiary/aromatic N) is 1. The van der Waals surface area contributed by atoms with Gasteiger partial charge in [0.1, 0.15) is 34.0 Å². The average molecular weight is 670 g/mol. The summed E-state index contributed by atoms with van der Waals surface area (Å²) in [6, 6.07) is 18.2. The van der Waals surface area contributed by atoms with Gasteiger partial charge >= 0.3 is 12.1 Å². The summed E-state index contributed by atoms with van der Waals surface area (Å²) in [5.74, 6) is 0.296. The number of hydrogen-bond acceptors (Lipinski definition) is 8. The van der Waals surface area contributed by atoms with Crippen LogP contribution in [-0.2, 0) is 39.2 Å². The molecule has 0 spiro atoms. The molecule has 11 heteroatoms. The molecule has 3 aromatic carbocycles. The fourth-order valence-corrected chi connectivity index (χ4v) is 5.27. The lowest BCUT2D eigenvalue weighted by molar-refractivity contribution is -0.162. The summed E-state index contributed by atoms with van der Waals surface area (Å²) in [6.07, 6.45) is 0.464. The predicted molar refractivity (Wildman–Crippen MR) is 182 cm³/mol. The third-order valence-corrected chi connectivity index (χ3v) is 8.23. The van der Waals surface area contributed by atoms with Crippen molar-refractivity contribution in [1.29, 1.82) is 0 Å². The van der Waals surface area contributed by atoms with Gasteiger partial charge < -0.3 is 31.0 Å². The Morgan fingerprint density at radius 2 is 1.65 bits per heavy atom. The third-order valence-electron chi connectivity index (χ3n) is 7.49. The summed E-state index contributed by atoms with van der Waals surface area (Å²) in [6.45, 7) is 11.1. The van der Waals surface area contributed by atoms with E-state index in [1.807, 2.05) is 57.2 Å². The highest BCUT2D eigenvalue weighted by Gasteiger charge is 2.41. The van der Waals surface area contributed by atoms with Gasteiger partial charge in [-0.25, -0.2) is 14.6 Å². The number of esters is 1. The number of amides is 1. The van der Waals surface area contributed by atoms with Crippen LogP contribution in [0.5, 0.6) is 5.75 Å². The van der Waals surface area contributed by atoms with E-state index < -0.39 is 28.8 Å². The number of hydrogen-bond donors (Lipinski definition) is 3. The first-order valence-corrected chi connectivity index (χ1v) is 15.9. The number of carbonyl (C=O) groups excluding carboxylic acids is 2. The van der Waals surface area contributed by atoms with Gasteiger partial charge in [0, 0.05) is 13.0 Å². The first-order valence-electron chi connectivity index (χ1n) is 15.1. The molecule has 5 N–H and O–H groups in total. The van der Waals surface area contributed by atoms with Crippen molar-refractivity contribution in [2.24, 2.45) is 16.5 Å². The van der Waals surface area contributed by atoms with Gasteiger partial charge in [-0.1, -0.05) is 59.6 Å². The number of carbonyl (C=O) groups is 2. The van der Waals surface area contributed by atoms with Crippen molar-refractivity contribution in [3.8, 4) is 5.75 Å². The summed E-state index contributed by atoms with van der Waals surface area (Å²) < 4.78 is 17.3. The maximum absolute atomic E-state index is 13.7. The van der Waals surface area contributed by atoms with Gasteiger partial charge in [0.25, 0.3) is 0 Å². The molecule has 1 aliphatic heterocycles. The highest BCUT2D eigenvalue weighted by Crippen LogP contribution is 2.37. The van der Waals surface area contributed by atoms with E-state index in [1.54, 1.807) is 45.0 Å². The lowest BCUT2D eigenvalue weighted by Gasteiger charge is -2.32. The number of aliphatic imine (C=N–C) groups is 1. The van der Waals surface area contributed by atoms with Crippen LogP contribution in [0.3, 0.4) is 0 Å². The zero-order valence-electron chi connectivity index (χ0n) is 27.1. The molecular weight excluding hydrogens is 627 g/mol. The fourth-order valence-electron chi connectivity index (χ4n) is 4.95. The molecule has 0 radical (unpaired) electrons. The Morgan fingerprint density at radius 3 is 2.35 bits per heavy atom. The molecule has 0 aliphatic carbocycles. The van der Waals surface area contributed by atoms with Crippen molar-refractivity contribution >= 4 is 46.8 Å². The van der Waals surface area contributed by atoms with Crippen molar-refractivity contribution in [2.45, 2.75) is 90.2 Å². The number of rotatable bonds is 10. The normalized spacial score (nSPS) is 15.9. The highest BCUT2D eigenvalue weighted by molar-refractivity contribution is 6.42. The Hall–Kier alpha value is -3.79. The minimum Gasteiger partial charge on any atom is -0.481 e. The second-order valence-electron chi connectivity index (χ2n) is 13.2.